The summed E-state index contributed by atoms with van der Waals surface area (Å²) in [6.45, 7) is 8.46. The monoisotopic (exact) mass is 388 g/mol. The number of guanidine groups is 1. The maximum atomic E-state index is 4.71. The van der Waals surface area contributed by atoms with E-state index in [-0.39, 0.29) is 0 Å². The van der Waals surface area contributed by atoms with Crippen LogP contribution in [0, 0.1) is 13.8 Å². The third-order valence-electron chi connectivity index (χ3n) is 5.10. The van der Waals surface area contributed by atoms with Crippen molar-refractivity contribution in [2.24, 2.45) is 4.99 Å². The Labute approximate surface area is 171 Å². The van der Waals surface area contributed by atoms with Crippen molar-refractivity contribution < 1.29 is 0 Å². The van der Waals surface area contributed by atoms with Gasteiger partial charge in [0, 0.05) is 42.1 Å². The molecule has 0 saturated heterocycles. The van der Waals surface area contributed by atoms with Gasteiger partial charge in [0.15, 0.2) is 5.96 Å². The summed E-state index contributed by atoms with van der Waals surface area (Å²) < 4.78 is 2.10. The van der Waals surface area contributed by atoms with Crippen molar-refractivity contribution in [2.45, 2.75) is 33.7 Å². The molecular formula is C23H28N6. The van der Waals surface area contributed by atoms with E-state index in [1.54, 1.807) is 0 Å². The van der Waals surface area contributed by atoms with Gasteiger partial charge < -0.3 is 20.0 Å². The summed E-state index contributed by atoms with van der Waals surface area (Å²) in [4.78, 5) is 12.7. The molecule has 0 aliphatic carbocycles. The molecule has 4 aromatic rings. The SMILES string of the molecule is CCNC(=NCc1cn2c(C)cccc2n1)NCCc1c[nH]c2cc(C)ccc12. The minimum Gasteiger partial charge on any atom is -0.361 e. The number of aryl methyl sites for hydroxylation is 2. The highest BCUT2D eigenvalue weighted by atomic mass is 15.2. The lowest BCUT2D eigenvalue weighted by atomic mass is 10.1. The molecule has 3 N–H and O–H groups in total. The molecule has 150 valence electrons. The molecule has 0 aliphatic rings. The van der Waals surface area contributed by atoms with E-state index in [4.69, 9.17) is 4.99 Å². The van der Waals surface area contributed by atoms with Crippen LogP contribution in [0.15, 0.2) is 53.8 Å². The Kier molecular flexibility index (Phi) is 5.51. The molecule has 0 atom stereocenters. The first-order valence-corrected chi connectivity index (χ1v) is 10.2. The number of aromatic amines is 1. The first-order chi connectivity index (χ1) is 14.1. The number of fused-ring (bicyclic) bond motifs is 2. The maximum Gasteiger partial charge on any atom is 0.191 e. The molecule has 3 aromatic heterocycles. The lowest BCUT2D eigenvalue weighted by Gasteiger charge is -2.10. The number of hydrogen-bond donors (Lipinski definition) is 3. The Balaban J connectivity index is 1.40. The van der Waals surface area contributed by atoms with E-state index in [1.807, 2.05) is 12.1 Å². The molecule has 6 heteroatoms. The van der Waals surface area contributed by atoms with Crippen molar-refractivity contribution >= 4 is 22.5 Å². The number of imidazole rings is 1. The van der Waals surface area contributed by atoms with Crippen LogP contribution in [0.25, 0.3) is 16.6 Å². The number of aromatic nitrogens is 3. The Bertz CT molecular complexity index is 1150. The van der Waals surface area contributed by atoms with Gasteiger partial charge in [0.1, 0.15) is 5.65 Å². The van der Waals surface area contributed by atoms with E-state index in [0.717, 1.165) is 36.8 Å². The second-order valence-electron chi connectivity index (χ2n) is 7.36. The van der Waals surface area contributed by atoms with Crippen molar-refractivity contribution in [3.8, 4) is 0 Å². The second-order valence-corrected chi connectivity index (χ2v) is 7.36. The van der Waals surface area contributed by atoms with Crippen molar-refractivity contribution in [3.63, 3.8) is 0 Å². The fourth-order valence-corrected chi connectivity index (χ4v) is 3.60. The summed E-state index contributed by atoms with van der Waals surface area (Å²) in [5.41, 5.74) is 6.88. The predicted octanol–water partition coefficient (Wildman–Crippen LogP) is 3.73. The summed E-state index contributed by atoms with van der Waals surface area (Å²) in [5, 5.41) is 8.05. The summed E-state index contributed by atoms with van der Waals surface area (Å²) in [5.74, 6) is 0.817. The quantitative estimate of drug-likeness (QED) is 0.348. The average Bonchev–Trinajstić information content (AvgIpc) is 3.30. The molecule has 0 amide bonds. The maximum absolute atomic E-state index is 4.71. The highest BCUT2D eigenvalue weighted by molar-refractivity contribution is 5.84. The van der Waals surface area contributed by atoms with Crippen LogP contribution in [0.2, 0.25) is 0 Å². The average molecular weight is 389 g/mol. The van der Waals surface area contributed by atoms with Crippen LogP contribution in [0.3, 0.4) is 0 Å². The summed E-state index contributed by atoms with van der Waals surface area (Å²) >= 11 is 0. The molecule has 0 spiro atoms. The van der Waals surface area contributed by atoms with Crippen LogP contribution >= 0.6 is 0 Å². The van der Waals surface area contributed by atoms with Gasteiger partial charge in [-0.2, -0.15) is 0 Å². The Morgan fingerprint density at radius 2 is 2.07 bits per heavy atom. The largest absolute Gasteiger partial charge is 0.361 e. The molecule has 0 aliphatic heterocycles. The molecule has 0 unspecified atom stereocenters. The Morgan fingerprint density at radius 1 is 1.17 bits per heavy atom. The van der Waals surface area contributed by atoms with Gasteiger partial charge in [0.2, 0.25) is 0 Å². The molecule has 0 bridgehead atoms. The van der Waals surface area contributed by atoms with E-state index in [2.05, 4.69) is 82.4 Å². The third-order valence-corrected chi connectivity index (χ3v) is 5.10. The zero-order chi connectivity index (χ0) is 20.2. The number of nitrogens with one attached hydrogen (secondary N) is 3. The third kappa shape index (κ3) is 4.26. The van der Waals surface area contributed by atoms with Gasteiger partial charge in [-0.05, 0) is 56.5 Å². The fourth-order valence-electron chi connectivity index (χ4n) is 3.60. The van der Waals surface area contributed by atoms with E-state index in [0.29, 0.717) is 6.54 Å². The van der Waals surface area contributed by atoms with Gasteiger partial charge in [-0.1, -0.05) is 18.2 Å². The van der Waals surface area contributed by atoms with Gasteiger partial charge in [-0.15, -0.1) is 0 Å². The predicted molar refractivity (Wildman–Crippen MR) is 119 cm³/mol. The molecule has 29 heavy (non-hydrogen) atoms. The van der Waals surface area contributed by atoms with Crippen LogP contribution in [0.1, 0.15) is 29.4 Å². The van der Waals surface area contributed by atoms with Crippen molar-refractivity contribution in [1.82, 2.24) is 25.0 Å². The number of rotatable bonds is 6. The van der Waals surface area contributed by atoms with Crippen LogP contribution in [0.4, 0.5) is 0 Å². The highest BCUT2D eigenvalue weighted by Gasteiger charge is 2.06. The minimum absolute atomic E-state index is 0.544. The van der Waals surface area contributed by atoms with Gasteiger partial charge in [-0.25, -0.2) is 9.98 Å². The molecule has 1 aromatic carbocycles. The summed E-state index contributed by atoms with van der Waals surface area (Å²) in [6, 6.07) is 12.7. The number of nitrogens with zero attached hydrogens (tertiary/aromatic N) is 3. The lowest BCUT2D eigenvalue weighted by molar-refractivity contribution is 0.799. The molecular weight excluding hydrogens is 360 g/mol. The van der Waals surface area contributed by atoms with Crippen LogP contribution < -0.4 is 10.6 Å². The first kappa shape index (κ1) is 19.1. The van der Waals surface area contributed by atoms with Crippen molar-refractivity contribution in [3.05, 3.63) is 71.3 Å². The van der Waals surface area contributed by atoms with Crippen LogP contribution in [-0.2, 0) is 13.0 Å². The van der Waals surface area contributed by atoms with Gasteiger partial charge in [-0.3, -0.25) is 0 Å². The Hall–Kier alpha value is -3.28. The minimum atomic E-state index is 0.544. The normalized spacial score (nSPS) is 12.0. The fraction of sp³-hybridized carbons (Fsp3) is 0.304. The zero-order valence-corrected chi connectivity index (χ0v) is 17.3. The molecule has 3 heterocycles. The van der Waals surface area contributed by atoms with Gasteiger partial charge in [0.05, 0.1) is 12.2 Å². The van der Waals surface area contributed by atoms with E-state index in [1.165, 1.54) is 27.7 Å². The number of hydrogen-bond acceptors (Lipinski definition) is 2. The molecule has 0 saturated carbocycles. The Morgan fingerprint density at radius 3 is 2.90 bits per heavy atom. The van der Waals surface area contributed by atoms with Crippen LogP contribution in [-0.4, -0.2) is 33.4 Å². The molecule has 0 fully saturated rings. The van der Waals surface area contributed by atoms with Crippen LogP contribution in [0.5, 0.6) is 0 Å². The number of aliphatic imine (C=N–C) groups is 1. The smallest absolute Gasteiger partial charge is 0.191 e. The molecule has 6 nitrogen and oxygen atoms in total. The highest BCUT2D eigenvalue weighted by Crippen LogP contribution is 2.19. The van der Waals surface area contributed by atoms with Crippen molar-refractivity contribution in [2.75, 3.05) is 13.1 Å². The summed E-state index contributed by atoms with van der Waals surface area (Å²) in [7, 11) is 0. The second kappa shape index (κ2) is 8.39. The standard InChI is InChI=1S/C23H28N6/c1-4-24-23(27-14-19-15-29-17(3)6-5-7-22(29)28-19)25-11-10-18-13-26-21-12-16(2)8-9-20(18)21/h5-9,12-13,15,26H,4,10-11,14H2,1-3H3,(H2,24,25,27). The van der Waals surface area contributed by atoms with Gasteiger partial charge >= 0.3 is 0 Å². The number of pyridine rings is 1. The first-order valence-electron chi connectivity index (χ1n) is 10.2. The van der Waals surface area contributed by atoms with Crippen molar-refractivity contribution in [1.29, 1.82) is 0 Å². The number of H-pyrrole nitrogens is 1. The van der Waals surface area contributed by atoms with E-state index < -0.39 is 0 Å². The van der Waals surface area contributed by atoms with E-state index >= 15 is 0 Å². The zero-order valence-electron chi connectivity index (χ0n) is 17.3. The van der Waals surface area contributed by atoms with E-state index in [9.17, 15) is 0 Å². The topological polar surface area (TPSA) is 69.5 Å². The summed E-state index contributed by atoms with van der Waals surface area (Å²) in [6.07, 6.45) is 5.10. The lowest BCUT2D eigenvalue weighted by Crippen LogP contribution is -2.38. The van der Waals surface area contributed by atoms with Gasteiger partial charge in [0.25, 0.3) is 0 Å². The molecule has 0 radical (unpaired) electrons. The number of benzene rings is 1. The molecule has 4 rings (SSSR count).